The van der Waals surface area contributed by atoms with E-state index in [-0.39, 0.29) is 5.11 Å². The summed E-state index contributed by atoms with van der Waals surface area (Å²) < 4.78 is 0. The van der Waals surface area contributed by atoms with Gasteiger partial charge in [0.05, 0.1) is 6.21 Å². The van der Waals surface area contributed by atoms with E-state index in [1.165, 1.54) is 27.8 Å². The van der Waals surface area contributed by atoms with Crippen LogP contribution in [-0.2, 0) is 0 Å². The lowest BCUT2D eigenvalue weighted by Crippen LogP contribution is -2.23. The lowest BCUT2D eigenvalue weighted by atomic mass is 10.0. The number of hydrazone groups is 1. The zero-order chi connectivity index (χ0) is 15.6. The molecule has 2 aliphatic rings. The van der Waals surface area contributed by atoms with Crippen molar-refractivity contribution in [2.24, 2.45) is 10.8 Å². The van der Waals surface area contributed by atoms with Crippen LogP contribution in [0, 0.1) is 13.8 Å². The molecule has 2 rings (SSSR count). The first-order chi connectivity index (χ1) is 9.90. The van der Waals surface area contributed by atoms with Crippen molar-refractivity contribution in [3.05, 3.63) is 46.5 Å². The summed E-state index contributed by atoms with van der Waals surface area (Å²) in [6.45, 7) is 8.68. The second kappa shape index (κ2) is 6.22. The van der Waals surface area contributed by atoms with Crippen molar-refractivity contribution in [1.29, 1.82) is 0 Å². The Kier molecular flexibility index (Phi) is 4.58. The third kappa shape index (κ3) is 3.39. The highest BCUT2D eigenvalue weighted by molar-refractivity contribution is 7.80. The maximum absolute atomic E-state index is 5.38. The highest BCUT2D eigenvalue weighted by atomic mass is 32.1. The van der Waals surface area contributed by atoms with Crippen LogP contribution in [0.5, 0.6) is 0 Å². The molecule has 0 aromatic heterocycles. The average Bonchev–Trinajstić information content (AvgIpc) is 2.58. The van der Waals surface area contributed by atoms with Crippen LogP contribution in [0.3, 0.4) is 0 Å². The summed E-state index contributed by atoms with van der Waals surface area (Å²) in [4.78, 5) is 0. The van der Waals surface area contributed by atoms with Crippen molar-refractivity contribution in [3.8, 4) is 11.1 Å². The van der Waals surface area contributed by atoms with Crippen molar-refractivity contribution in [1.82, 2.24) is 5.43 Å². The lowest BCUT2D eigenvalue weighted by Gasteiger charge is -2.04. The maximum atomic E-state index is 5.38. The molecule has 0 aromatic rings. The topological polar surface area (TPSA) is 50.4 Å². The predicted molar refractivity (Wildman–Crippen MR) is 94.1 cm³/mol. The number of rotatable bonds is 3. The fraction of sp³-hybridized carbons (Fsp3) is 0.294. The van der Waals surface area contributed by atoms with E-state index in [4.69, 9.17) is 18.0 Å². The number of nitrogens with two attached hydrogens (primary N) is 1. The first kappa shape index (κ1) is 15.4. The summed E-state index contributed by atoms with van der Waals surface area (Å²) in [6.07, 6.45) is 1.77. The Morgan fingerprint density at radius 1 is 1.24 bits per heavy atom. The first-order valence-electron chi connectivity index (χ1n) is 7.02. The Morgan fingerprint density at radius 3 is 2.57 bits per heavy atom. The molecular formula is C17H21N3S. The van der Waals surface area contributed by atoms with Crippen molar-refractivity contribution >= 4 is 23.5 Å². The molecule has 0 saturated heterocycles. The molecule has 0 fully saturated rings. The van der Waals surface area contributed by atoms with Gasteiger partial charge in [0, 0.05) is 5.56 Å². The van der Waals surface area contributed by atoms with E-state index in [9.17, 15) is 0 Å². The fourth-order valence-electron chi connectivity index (χ4n) is 2.51. The van der Waals surface area contributed by atoms with E-state index < -0.39 is 0 Å². The number of nitrogens with one attached hydrogen (secondary N) is 1. The normalized spacial score (nSPS) is 11.5. The third-order valence-electron chi connectivity index (χ3n) is 3.63. The van der Waals surface area contributed by atoms with Gasteiger partial charge in [0.2, 0.25) is 0 Å². The summed E-state index contributed by atoms with van der Waals surface area (Å²) in [5.74, 6) is 0.502. The zero-order valence-electron chi connectivity index (χ0n) is 12.9. The molecule has 0 spiro atoms. The fourth-order valence-corrected chi connectivity index (χ4v) is 2.56. The maximum Gasteiger partial charge on any atom is 0.184 e. The second-order valence-electron chi connectivity index (χ2n) is 5.62. The number of nitrogens with zero attached hydrogens (tertiary/aromatic N) is 1. The summed E-state index contributed by atoms with van der Waals surface area (Å²) in [6, 6.07) is 8.80. The molecule has 0 aromatic carbocycles. The highest BCUT2D eigenvalue weighted by Crippen LogP contribution is 2.35. The third-order valence-corrected chi connectivity index (χ3v) is 3.72. The summed E-state index contributed by atoms with van der Waals surface area (Å²) in [5, 5.41) is 4.25. The summed E-state index contributed by atoms with van der Waals surface area (Å²) in [5.41, 5.74) is 15.4. The van der Waals surface area contributed by atoms with Crippen LogP contribution >= 0.6 is 12.2 Å². The molecule has 0 aliphatic heterocycles. The molecule has 0 heterocycles. The number of thiocarbonyl (C=S) groups is 1. The Balaban J connectivity index is 2.54. The highest BCUT2D eigenvalue weighted by Gasteiger charge is 2.15. The molecule has 2 aliphatic carbocycles. The van der Waals surface area contributed by atoms with Gasteiger partial charge in [0.1, 0.15) is 0 Å². The smallest absolute Gasteiger partial charge is 0.184 e. The molecular weight excluding hydrogens is 278 g/mol. The largest absolute Gasteiger partial charge is 0.375 e. The van der Waals surface area contributed by atoms with E-state index in [0.717, 1.165) is 5.56 Å². The van der Waals surface area contributed by atoms with Crippen molar-refractivity contribution in [2.45, 2.75) is 33.6 Å². The molecule has 110 valence electrons. The SMILES string of the molecule is Cc1cc(/C=N/NC(N)=S)c2c(C)ccc(C(C)C)cc1-2. The van der Waals surface area contributed by atoms with Gasteiger partial charge in [-0.05, 0) is 65.9 Å². The van der Waals surface area contributed by atoms with Gasteiger partial charge >= 0.3 is 0 Å². The summed E-state index contributed by atoms with van der Waals surface area (Å²) in [7, 11) is 0. The van der Waals surface area contributed by atoms with Crippen LogP contribution in [-0.4, -0.2) is 11.3 Å². The van der Waals surface area contributed by atoms with Crippen molar-refractivity contribution < 1.29 is 0 Å². The van der Waals surface area contributed by atoms with Gasteiger partial charge in [0.15, 0.2) is 5.11 Å². The number of hydrogen-bond acceptors (Lipinski definition) is 2. The van der Waals surface area contributed by atoms with E-state index in [1.54, 1.807) is 6.21 Å². The average molecular weight is 299 g/mol. The lowest BCUT2D eigenvalue weighted by molar-refractivity contribution is 0.868. The molecule has 0 saturated carbocycles. The minimum Gasteiger partial charge on any atom is -0.375 e. The number of aryl methyl sites for hydroxylation is 2. The molecule has 0 bridgehead atoms. The quantitative estimate of drug-likeness (QED) is 0.516. The molecule has 3 nitrogen and oxygen atoms in total. The summed E-state index contributed by atoms with van der Waals surface area (Å²) >= 11 is 4.75. The Bertz CT molecular complexity index is 674. The Hall–Kier alpha value is -1.94. The van der Waals surface area contributed by atoms with Crippen molar-refractivity contribution in [3.63, 3.8) is 0 Å². The van der Waals surface area contributed by atoms with Crippen LogP contribution < -0.4 is 11.2 Å². The second-order valence-corrected chi connectivity index (χ2v) is 6.06. The van der Waals surface area contributed by atoms with Crippen molar-refractivity contribution in [2.75, 3.05) is 0 Å². The van der Waals surface area contributed by atoms with Crippen LogP contribution in [0.2, 0.25) is 0 Å². The Labute approximate surface area is 131 Å². The van der Waals surface area contributed by atoms with Gasteiger partial charge in [-0.15, -0.1) is 0 Å². The van der Waals surface area contributed by atoms with Gasteiger partial charge in [-0.1, -0.05) is 32.0 Å². The van der Waals surface area contributed by atoms with Gasteiger partial charge in [0.25, 0.3) is 0 Å². The molecule has 0 amide bonds. The standard InChI is InChI=1S/C17H21N3S/c1-10(2)13-6-5-11(3)16-14(9-19-20-17(18)21)7-12(4)15(16)8-13/h5-10H,1-4H3,(H3,18,20,21)/b19-9+. The van der Waals surface area contributed by atoms with Crippen LogP contribution in [0.15, 0.2) is 29.4 Å². The monoisotopic (exact) mass is 299 g/mol. The Morgan fingerprint density at radius 2 is 1.95 bits per heavy atom. The predicted octanol–water partition coefficient (Wildman–Crippen LogP) is 3.70. The number of fused-ring (bicyclic) bond motifs is 1. The van der Waals surface area contributed by atoms with E-state index >= 15 is 0 Å². The van der Waals surface area contributed by atoms with Gasteiger partial charge in [-0.25, -0.2) is 0 Å². The van der Waals surface area contributed by atoms with E-state index in [1.807, 2.05) is 0 Å². The molecule has 21 heavy (non-hydrogen) atoms. The molecule has 0 atom stereocenters. The van der Waals surface area contributed by atoms with Crippen LogP contribution in [0.25, 0.3) is 11.1 Å². The van der Waals surface area contributed by atoms with E-state index in [2.05, 4.69) is 62.5 Å². The molecule has 4 heteroatoms. The molecule has 0 radical (unpaired) electrons. The van der Waals surface area contributed by atoms with Crippen LogP contribution in [0.4, 0.5) is 0 Å². The molecule has 3 N–H and O–H groups in total. The minimum absolute atomic E-state index is 0.170. The van der Waals surface area contributed by atoms with Gasteiger partial charge < -0.3 is 5.73 Å². The number of hydrogen-bond donors (Lipinski definition) is 2. The first-order valence-corrected chi connectivity index (χ1v) is 7.43. The molecule has 0 unspecified atom stereocenters. The van der Waals surface area contributed by atoms with E-state index in [0.29, 0.717) is 5.92 Å². The van der Waals surface area contributed by atoms with Gasteiger partial charge in [-0.3, -0.25) is 5.43 Å². The minimum atomic E-state index is 0.170. The van der Waals surface area contributed by atoms with Gasteiger partial charge in [-0.2, -0.15) is 5.10 Å². The zero-order valence-corrected chi connectivity index (χ0v) is 13.7. The van der Waals surface area contributed by atoms with Crippen LogP contribution in [0.1, 0.15) is 42.0 Å².